The lowest BCUT2D eigenvalue weighted by atomic mass is 9.92. The number of methoxy groups -OCH3 is 1. The van der Waals surface area contributed by atoms with Crippen molar-refractivity contribution in [3.05, 3.63) is 70.2 Å². The molecule has 182 valence electrons. The molecule has 2 aromatic carbocycles. The number of hydrogen-bond acceptors (Lipinski definition) is 6. The van der Waals surface area contributed by atoms with Crippen LogP contribution in [0, 0.1) is 13.8 Å². The maximum absolute atomic E-state index is 5.63. The van der Waals surface area contributed by atoms with E-state index in [2.05, 4.69) is 64.3 Å². The van der Waals surface area contributed by atoms with Crippen LogP contribution in [-0.4, -0.2) is 24.7 Å². The number of ether oxygens (including phenoxy) is 1. The van der Waals surface area contributed by atoms with Gasteiger partial charge in [-0.3, -0.25) is 0 Å². The molecule has 5 nitrogen and oxygen atoms in total. The Labute approximate surface area is 219 Å². The minimum atomic E-state index is 0. The zero-order chi connectivity index (χ0) is 20.9. The van der Waals surface area contributed by atoms with Gasteiger partial charge in [0.25, 0.3) is 0 Å². The maximum Gasteiger partial charge on any atom is 0.187 e. The zero-order valence-corrected chi connectivity index (χ0v) is 22.4. The summed E-state index contributed by atoms with van der Waals surface area (Å²) < 4.78 is 5.63. The lowest BCUT2D eigenvalue weighted by Crippen LogP contribution is -2.45. The van der Waals surface area contributed by atoms with Gasteiger partial charge in [0.15, 0.2) is 5.13 Å². The number of anilines is 2. The molecule has 1 saturated heterocycles. The van der Waals surface area contributed by atoms with Gasteiger partial charge in [-0.15, -0.1) is 48.6 Å². The predicted molar refractivity (Wildman–Crippen MR) is 147 cm³/mol. The second-order valence-corrected chi connectivity index (χ2v) is 8.99. The van der Waals surface area contributed by atoms with Gasteiger partial charge < -0.3 is 20.7 Å². The number of benzene rings is 2. The van der Waals surface area contributed by atoms with Gasteiger partial charge in [-0.1, -0.05) is 30.3 Å². The Kier molecular flexibility index (Phi) is 12.5. The summed E-state index contributed by atoms with van der Waals surface area (Å²) in [7, 11) is 1.73. The topological polar surface area (TPSA) is 58.2 Å². The quantitative estimate of drug-likeness (QED) is 0.331. The highest BCUT2D eigenvalue weighted by atomic mass is 35.5. The fourth-order valence-corrected chi connectivity index (χ4v) is 4.84. The molecule has 2 heterocycles. The number of aromatic nitrogens is 1. The van der Waals surface area contributed by atoms with Crippen LogP contribution in [0.25, 0.3) is 0 Å². The van der Waals surface area contributed by atoms with E-state index in [1.165, 1.54) is 16.9 Å². The van der Waals surface area contributed by atoms with Crippen LogP contribution in [0.1, 0.15) is 40.6 Å². The van der Waals surface area contributed by atoms with Crippen LogP contribution in [0.4, 0.5) is 10.8 Å². The zero-order valence-electron chi connectivity index (χ0n) is 19.1. The number of rotatable bonds is 7. The van der Waals surface area contributed by atoms with Crippen molar-refractivity contribution in [1.29, 1.82) is 0 Å². The van der Waals surface area contributed by atoms with E-state index in [9.17, 15) is 0 Å². The van der Waals surface area contributed by atoms with Gasteiger partial charge in [0, 0.05) is 34.8 Å². The third-order valence-corrected chi connectivity index (χ3v) is 6.72. The Morgan fingerprint density at radius 1 is 1.09 bits per heavy atom. The molecule has 1 fully saturated rings. The Morgan fingerprint density at radius 2 is 1.85 bits per heavy atom. The van der Waals surface area contributed by atoms with Crippen molar-refractivity contribution < 1.29 is 4.74 Å². The number of thiazole rings is 1. The summed E-state index contributed by atoms with van der Waals surface area (Å²) in [6.45, 7) is 5.96. The molecule has 9 heteroatoms. The van der Waals surface area contributed by atoms with E-state index in [0.29, 0.717) is 12.1 Å². The number of aryl methyl sites for hydroxylation is 2. The molecule has 0 spiro atoms. The summed E-state index contributed by atoms with van der Waals surface area (Å²) in [4.78, 5) is 5.83. The van der Waals surface area contributed by atoms with E-state index in [1.54, 1.807) is 18.4 Å². The number of nitrogens with zero attached hydrogens (tertiary/aromatic N) is 1. The molecule has 0 bridgehead atoms. The molecule has 1 aliphatic heterocycles. The Hall–Kier alpha value is -1.54. The van der Waals surface area contributed by atoms with Gasteiger partial charge in [-0.2, -0.15) is 0 Å². The lowest BCUT2D eigenvalue weighted by molar-refractivity contribution is 0.303. The van der Waals surface area contributed by atoms with Crippen molar-refractivity contribution in [2.45, 2.75) is 45.3 Å². The van der Waals surface area contributed by atoms with Crippen molar-refractivity contribution in [3.63, 3.8) is 0 Å². The molecule has 0 amide bonds. The average molecular weight is 532 g/mol. The Balaban J connectivity index is 0.00000181. The highest BCUT2D eigenvalue weighted by molar-refractivity contribution is 7.15. The minimum Gasteiger partial charge on any atom is -0.496 e. The third-order valence-electron chi connectivity index (χ3n) is 5.73. The monoisotopic (exact) mass is 530 g/mol. The standard InChI is InChI=1S/C24H30N4OS.3ClH/c1-16-17(2)30-24(27-16)28-20-11-12-22(29-3)19(14-20)15-26-21-10-7-13-25-23(21)18-8-5-4-6-9-18;;;/h4-6,8-9,11-12,14,21,23,25-26H,7,10,13,15H2,1-3H3,(H,27,28);3*1H/t21-,23-;;;/m0.../s1. The number of nitrogens with one attached hydrogen (secondary N) is 3. The molecule has 4 rings (SSSR count). The average Bonchev–Trinajstić information content (AvgIpc) is 3.09. The molecule has 33 heavy (non-hydrogen) atoms. The number of halogens is 3. The summed E-state index contributed by atoms with van der Waals surface area (Å²) in [6, 6.07) is 17.7. The second kappa shape index (κ2) is 14.0. The van der Waals surface area contributed by atoms with Gasteiger partial charge in [0.05, 0.1) is 12.8 Å². The van der Waals surface area contributed by atoms with E-state index in [0.717, 1.165) is 47.3 Å². The highest BCUT2D eigenvalue weighted by Crippen LogP contribution is 2.29. The van der Waals surface area contributed by atoms with E-state index in [4.69, 9.17) is 4.74 Å². The second-order valence-electron chi connectivity index (χ2n) is 7.78. The van der Waals surface area contributed by atoms with Crippen molar-refractivity contribution >= 4 is 59.4 Å². The molecule has 2 atom stereocenters. The summed E-state index contributed by atoms with van der Waals surface area (Å²) in [5.74, 6) is 0.902. The van der Waals surface area contributed by atoms with Crippen molar-refractivity contribution in [2.24, 2.45) is 0 Å². The molecule has 1 aromatic heterocycles. The van der Waals surface area contributed by atoms with Crippen LogP contribution in [-0.2, 0) is 6.54 Å². The summed E-state index contributed by atoms with van der Waals surface area (Å²) in [5, 5.41) is 11.8. The SMILES string of the molecule is COc1ccc(Nc2nc(C)c(C)s2)cc1CN[C@H]1CCCN[C@H]1c1ccccc1.Cl.Cl.Cl. The lowest BCUT2D eigenvalue weighted by Gasteiger charge is -2.34. The van der Waals surface area contributed by atoms with E-state index < -0.39 is 0 Å². The smallest absolute Gasteiger partial charge is 0.187 e. The molecular formula is C24H33Cl3N4OS. The van der Waals surface area contributed by atoms with Gasteiger partial charge in [0.1, 0.15) is 5.75 Å². The van der Waals surface area contributed by atoms with Gasteiger partial charge in [-0.25, -0.2) is 4.98 Å². The maximum atomic E-state index is 5.63. The summed E-state index contributed by atoms with van der Waals surface area (Å²) in [6.07, 6.45) is 2.34. The number of hydrogen-bond donors (Lipinski definition) is 3. The molecule has 0 radical (unpaired) electrons. The molecule has 0 unspecified atom stereocenters. The van der Waals surface area contributed by atoms with E-state index in [1.807, 2.05) is 19.1 Å². The normalized spacial score (nSPS) is 17.2. The summed E-state index contributed by atoms with van der Waals surface area (Å²) in [5.41, 5.74) is 4.59. The van der Waals surface area contributed by atoms with E-state index >= 15 is 0 Å². The Morgan fingerprint density at radius 3 is 2.52 bits per heavy atom. The largest absolute Gasteiger partial charge is 0.496 e. The highest BCUT2D eigenvalue weighted by Gasteiger charge is 2.25. The van der Waals surface area contributed by atoms with Crippen LogP contribution < -0.4 is 20.7 Å². The van der Waals surface area contributed by atoms with Crippen LogP contribution in [0.15, 0.2) is 48.5 Å². The van der Waals surface area contributed by atoms with E-state index in [-0.39, 0.29) is 37.2 Å². The molecular weight excluding hydrogens is 499 g/mol. The first-order valence-electron chi connectivity index (χ1n) is 10.5. The number of piperidine rings is 1. The first-order valence-corrected chi connectivity index (χ1v) is 11.4. The Bertz CT molecular complexity index is 968. The van der Waals surface area contributed by atoms with Crippen molar-refractivity contribution in [3.8, 4) is 5.75 Å². The van der Waals surface area contributed by atoms with Crippen molar-refractivity contribution in [1.82, 2.24) is 15.6 Å². The minimum absolute atomic E-state index is 0. The fourth-order valence-electron chi connectivity index (χ4n) is 4.00. The fraction of sp³-hybridized carbons (Fsp3) is 0.375. The first kappa shape index (κ1) is 29.5. The van der Waals surface area contributed by atoms with Gasteiger partial charge >= 0.3 is 0 Å². The van der Waals surface area contributed by atoms with Crippen LogP contribution in [0.3, 0.4) is 0 Å². The van der Waals surface area contributed by atoms with Crippen LogP contribution in [0.5, 0.6) is 5.75 Å². The third kappa shape index (κ3) is 7.47. The first-order chi connectivity index (χ1) is 14.6. The molecule has 0 aliphatic carbocycles. The van der Waals surface area contributed by atoms with Crippen molar-refractivity contribution in [2.75, 3.05) is 19.0 Å². The summed E-state index contributed by atoms with van der Waals surface area (Å²) >= 11 is 1.68. The van der Waals surface area contributed by atoms with Gasteiger partial charge in [0.2, 0.25) is 0 Å². The van der Waals surface area contributed by atoms with Crippen LogP contribution >= 0.6 is 48.6 Å². The van der Waals surface area contributed by atoms with Crippen LogP contribution in [0.2, 0.25) is 0 Å². The predicted octanol–water partition coefficient (Wildman–Crippen LogP) is 6.36. The molecule has 3 aromatic rings. The molecule has 0 saturated carbocycles. The molecule has 1 aliphatic rings. The molecule has 3 N–H and O–H groups in total. The van der Waals surface area contributed by atoms with Gasteiger partial charge in [-0.05, 0) is 57.0 Å².